The summed E-state index contributed by atoms with van der Waals surface area (Å²) in [6.07, 6.45) is 0.643. The summed E-state index contributed by atoms with van der Waals surface area (Å²) in [5.74, 6) is 0. The van der Waals surface area contributed by atoms with Crippen molar-refractivity contribution in [2.24, 2.45) is 5.41 Å². The van der Waals surface area contributed by atoms with Crippen LogP contribution in [0.4, 0.5) is 4.79 Å². The molecular formula is C19H19NO2. The number of carbonyl (C=O) groups is 1. The Bertz CT molecular complexity index is 764. The highest BCUT2D eigenvalue weighted by molar-refractivity contribution is 5.77. The molecule has 0 bridgehead atoms. The molecule has 1 atom stereocenters. The van der Waals surface area contributed by atoms with E-state index in [2.05, 4.69) is 61.6 Å². The molecule has 1 fully saturated rings. The Hall–Kier alpha value is -2.29. The van der Waals surface area contributed by atoms with Crippen molar-refractivity contribution >= 4 is 6.09 Å². The van der Waals surface area contributed by atoms with Gasteiger partial charge in [0, 0.05) is 5.41 Å². The molecule has 0 radical (unpaired) electrons. The molecule has 3 nitrogen and oxygen atoms in total. The number of hydrogen-bond donors (Lipinski definition) is 1. The normalized spacial score (nSPS) is 21.5. The first-order chi connectivity index (χ1) is 10.5. The number of hydrogen-bond acceptors (Lipinski definition) is 2. The number of ether oxygens (including phenoxy) is 1. The lowest BCUT2D eigenvalue weighted by Crippen LogP contribution is -2.46. The van der Waals surface area contributed by atoms with Crippen molar-refractivity contribution in [1.82, 2.24) is 5.32 Å². The standard InChI is InChI=1S/C19H19NO2/c1-19(2)11-22-18(21)20-17(19)13-7-8-16-14(10-13)9-12-5-3-4-6-15(12)16/h3-8,10,17H,9,11H2,1-2H3,(H,20,21)/t17-/m0/s1. The molecule has 2 aromatic carbocycles. The van der Waals surface area contributed by atoms with E-state index in [1.54, 1.807) is 0 Å². The molecule has 1 saturated heterocycles. The van der Waals surface area contributed by atoms with Crippen LogP contribution in [0.3, 0.4) is 0 Å². The third-order valence-corrected chi connectivity index (χ3v) is 4.77. The average Bonchev–Trinajstić information content (AvgIpc) is 2.87. The highest BCUT2D eigenvalue weighted by atomic mass is 16.6. The van der Waals surface area contributed by atoms with Gasteiger partial charge in [0.15, 0.2) is 0 Å². The Balaban J connectivity index is 1.74. The largest absolute Gasteiger partial charge is 0.449 e. The monoisotopic (exact) mass is 293 g/mol. The van der Waals surface area contributed by atoms with Crippen LogP contribution in [-0.4, -0.2) is 12.7 Å². The van der Waals surface area contributed by atoms with E-state index in [-0.39, 0.29) is 17.6 Å². The number of carbonyl (C=O) groups excluding carboxylic acids is 1. The summed E-state index contributed by atoms with van der Waals surface area (Å²) >= 11 is 0. The third kappa shape index (κ3) is 2.00. The first kappa shape index (κ1) is 13.4. The number of nitrogens with one attached hydrogen (secondary N) is 1. The van der Waals surface area contributed by atoms with E-state index >= 15 is 0 Å². The van der Waals surface area contributed by atoms with Crippen molar-refractivity contribution < 1.29 is 9.53 Å². The number of benzene rings is 2. The maximum atomic E-state index is 11.6. The zero-order valence-corrected chi connectivity index (χ0v) is 12.8. The van der Waals surface area contributed by atoms with Crippen molar-refractivity contribution in [3.05, 3.63) is 59.2 Å². The van der Waals surface area contributed by atoms with E-state index in [4.69, 9.17) is 4.74 Å². The average molecular weight is 293 g/mol. The fraction of sp³-hybridized carbons (Fsp3) is 0.316. The van der Waals surface area contributed by atoms with Gasteiger partial charge in [0.2, 0.25) is 0 Å². The Labute approximate surface area is 130 Å². The van der Waals surface area contributed by atoms with E-state index in [1.807, 2.05) is 0 Å². The maximum Gasteiger partial charge on any atom is 0.407 e. The van der Waals surface area contributed by atoms with Gasteiger partial charge in [0.05, 0.1) is 6.04 Å². The molecule has 1 heterocycles. The van der Waals surface area contributed by atoms with Crippen LogP contribution in [-0.2, 0) is 11.2 Å². The van der Waals surface area contributed by atoms with Gasteiger partial charge in [-0.15, -0.1) is 0 Å². The molecular weight excluding hydrogens is 274 g/mol. The quantitative estimate of drug-likeness (QED) is 0.734. The van der Waals surface area contributed by atoms with Gasteiger partial charge in [0.25, 0.3) is 0 Å². The molecule has 2 aromatic rings. The molecule has 1 N–H and O–H groups in total. The van der Waals surface area contributed by atoms with Crippen LogP contribution in [0.25, 0.3) is 11.1 Å². The zero-order valence-electron chi connectivity index (χ0n) is 12.8. The lowest BCUT2D eigenvalue weighted by molar-refractivity contribution is 0.0387. The van der Waals surface area contributed by atoms with E-state index in [1.165, 1.54) is 22.3 Å². The van der Waals surface area contributed by atoms with Crippen LogP contribution < -0.4 is 5.32 Å². The first-order valence-electron chi connectivity index (χ1n) is 7.69. The molecule has 0 unspecified atom stereocenters. The first-order valence-corrected chi connectivity index (χ1v) is 7.69. The number of rotatable bonds is 1. The summed E-state index contributed by atoms with van der Waals surface area (Å²) in [7, 11) is 0. The van der Waals surface area contributed by atoms with Crippen LogP contribution in [0.15, 0.2) is 42.5 Å². The predicted octanol–water partition coefficient (Wildman–Crippen LogP) is 4.06. The van der Waals surface area contributed by atoms with Crippen molar-refractivity contribution in [3.8, 4) is 11.1 Å². The fourth-order valence-electron chi connectivity index (χ4n) is 3.57. The number of amides is 1. The Morgan fingerprint density at radius 3 is 2.73 bits per heavy atom. The van der Waals surface area contributed by atoms with Crippen molar-refractivity contribution in [2.45, 2.75) is 26.3 Å². The van der Waals surface area contributed by atoms with E-state index in [9.17, 15) is 4.79 Å². The maximum absolute atomic E-state index is 11.6. The molecule has 4 rings (SSSR count). The van der Waals surface area contributed by atoms with Crippen LogP contribution in [0.1, 0.15) is 36.6 Å². The van der Waals surface area contributed by atoms with Crippen molar-refractivity contribution in [2.75, 3.05) is 6.61 Å². The molecule has 112 valence electrons. The summed E-state index contributed by atoms with van der Waals surface area (Å²) in [6, 6.07) is 15.1. The SMILES string of the molecule is CC1(C)COC(=O)N[C@H]1c1ccc2c(c1)Cc1ccccc1-2. The minimum absolute atomic E-state index is 0.0113. The second-order valence-electron chi connectivity index (χ2n) is 6.89. The minimum Gasteiger partial charge on any atom is -0.449 e. The fourth-order valence-corrected chi connectivity index (χ4v) is 3.57. The van der Waals surface area contributed by atoms with Gasteiger partial charge >= 0.3 is 6.09 Å². The van der Waals surface area contributed by atoms with Gasteiger partial charge < -0.3 is 10.1 Å². The van der Waals surface area contributed by atoms with Gasteiger partial charge in [0.1, 0.15) is 6.61 Å². The van der Waals surface area contributed by atoms with E-state index in [0.29, 0.717) is 6.61 Å². The summed E-state index contributed by atoms with van der Waals surface area (Å²) in [5, 5.41) is 2.97. The summed E-state index contributed by atoms with van der Waals surface area (Å²) < 4.78 is 5.14. The minimum atomic E-state index is -0.326. The Morgan fingerprint density at radius 1 is 1.09 bits per heavy atom. The van der Waals surface area contributed by atoms with Crippen LogP contribution in [0.2, 0.25) is 0 Å². The van der Waals surface area contributed by atoms with Crippen LogP contribution >= 0.6 is 0 Å². The molecule has 1 aliphatic carbocycles. The summed E-state index contributed by atoms with van der Waals surface area (Å²) in [4.78, 5) is 11.6. The third-order valence-electron chi connectivity index (χ3n) is 4.77. The lowest BCUT2D eigenvalue weighted by Gasteiger charge is -2.38. The number of alkyl carbamates (subject to hydrolysis) is 1. The van der Waals surface area contributed by atoms with Crippen LogP contribution in [0, 0.1) is 5.41 Å². The van der Waals surface area contributed by atoms with Crippen molar-refractivity contribution in [1.29, 1.82) is 0 Å². The molecule has 0 spiro atoms. The molecule has 0 aromatic heterocycles. The summed E-state index contributed by atoms with van der Waals surface area (Å²) in [6.45, 7) is 4.69. The van der Waals surface area contributed by atoms with Crippen LogP contribution in [0.5, 0.6) is 0 Å². The van der Waals surface area contributed by atoms with Gasteiger partial charge in [-0.1, -0.05) is 56.3 Å². The smallest absolute Gasteiger partial charge is 0.407 e. The molecule has 22 heavy (non-hydrogen) atoms. The predicted molar refractivity (Wildman–Crippen MR) is 85.7 cm³/mol. The molecule has 2 aliphatic rings. The zero-order chi connectivity index (χ0) is 15.3. The molecule has 1 amide bonds. The lowest BCUT2D eigenvalue weighted by atomic mass is 9.79. The van der Waals surface area contributed by atoms with Gasteiger partial charge in [-0.3, -0.25) is 0 Å². The van der Waals surface area contributed by atoms with Gasteiger partial charge in [-0.25, -0.2) is 4.79 Å². The second-order valence-corrected chi connectivity index (χ2v) is 6.89. The van der Waals surface area contributed by atoms with E-state index in [0.717, 1.165) is 12.0 Å². The summed E-state index contributed by atoms with van der Waals surface area (Å²) in [5.41, 5.74) is 6.41. The highest BCUT2D eigenvalue weighted by Gasteiger charge is 2.38. The molecule has 1 aliphatic heterocycles. The van der Waals surface area contributed by atoms with E-state index < -0.39 is 0 Å². The second kappa shape index (κ2) is 4.60. The van der Waals surface area contributed by atoms with Gasteiger partial charge in [-0.2, -0.15) is 0 Å². The topological polar surface area (TPSA) is 38.3 Å². The van der Waals surface area contributed by atoms with Crippen molar-refractivity contribution in [3.63, 3.8) is 0 Å². The number of fused-ring (bicyclic) bond motifs is 3. The number of cyclic esters (lactones) is 1. The Morgan fingerprint density at radius 2 is 1.86 bits per heavy atom. The van der Waals surface area contributed by atoms with Gasteiger partial charge in [-0.05, 0) is 34.2 Å². The highest BCUT2D eigenvalue weighted by Crippen LogP contribution is 2.41. The molecule has 0 saturated carbocycles. The molecule has 3 heteroatoms. The Kier molecular flexibility index (Phi) is 2.80.